The summed E-state index contributed by atoms with van der Waals surface area (Å²) < 4.78 is 27.0. The lowest BCUT2D eigenvalue weighted by Gasteiger charge is -2.35. The highest BCUT2D eigenvalue weighted by molar-refractivity contribution is 7.89. The molecule has 7 nitrogen and oxygen atoms in total. The van der Waals surface area contributed by atoms with E-state index in [9.17, 15) is 13.2 Å². The maximum absolute atomic E-state index is 12.8. The second kappa shape index (κ2) is 8.90. The van der Waals surface area contributed by atoms with Gasteiger partial charge in [0.1, 0.15) is 0 Å². The third-order valence-corrected chi connectivity index (χ3v) is 6.64. The zero-order valence-corrected chi connectivity index (χ0v) is 17.1. The molecule has 1 aromatic carbocycles. The Morgan fingerprint density at radius 3 is 2.23 bits per heavy atom. The van der Waals surface area contributed by atoms with E-state index < -0.39 is 10.0 Å². The van der Waals surface area contributed by atoms with Crippen molar-refractivity contribution in [2.45, 2.75) is 11.8 Å². The fourth-order valence-electron chi connectivity index (χ4n) is 2.67. The standard InChI is InChI=1S/C17H26N4O3S2/c1-14(22)15-4-6-16(7-5-15)26(23,24)21-12-10-20(11-13-21)17(25)18-8-9-19(2)3/h4-7H,8-13H2,1-3H3,(H,18,25)/p+1. The Morgan fingerprint density at radius 2 is 1.73 bits per heavy atom. The Morgan fingerprint density at radius 1 is 1.15 bits per heavy atom. The second-order valence-corrected chi connectivity index (χ2v) is 8.99. The summed E-state index contributed by atoms with van der Waals surface area (Å²) in [4.78, 5) is 14.9. The van der Waals surface area contributed by atoms with E-state index in [0.717, 1.165) is 13.1 Å². The molecule has 2 rings (SSSR count). The molecular formula is C17H27N4O3S2+. The van der Waals surface area contributed by atoms with E-state index in [4.69, 9.17) is 12.2 Å². The molecule has 0 bridgehead atoms. The van der Waals surface area contributed by atoms with Gasteiger partial charge in [-0.1, -0.05) is 12.1 Å². The molecule has 0 radical (unpaired) electrons. The smallest absolute Gasteiger partial charge is 0.243 e. The Bertz CT molecular complexity index is 740. The molecule has 0 saturated carbocycles. The van der Waals surface area contributed by atoms with Gasteiger partial charge in [0.15, 0.2) is 10.9 Å². The molecule has 1 heterocycles. The first-order chi connectivity index (χ1) is 12.2. The minimum absolute atomic E-state index is 0.0839. The first-order valence-corrected chi connectivity index (χ1v) is 10.5. The van der Waals surface area contributed by atoms with Crippen molar-refractivity contribution in [3.05, 3.63) is 29.8 Å². The SMILES string of the molecule is CC(=O)c1ccc(S(=O)(=O)N2CCN(C(=S)NCC[NH+](C)C)CC2)cc1. The van der Waals surface area contributed by atoms with Crippen molar-refractivity contribution < 1.29 is 18.1 Å². The summed E-state index contributed by atoms with van der Waals surface area (Å²) >= 11 is 5.40. The van der Waals surface area contributed by atoms with Gasteiger partial charge in [0.05, 0.1) is 32.1 Å². The molecule has 0 unspecified atom stereocenters. The molecule has 1 fully saturated rings. The summed E-state index contributed by atoms with van der Waals surface area (Å²) in [6.45, 7) is 5.11. The maximum atomic E-state index is 12.8. The van der Waals surface area contributed by atoms with Crippen molar-refractivity contribution in [1.29, 1.82) is 0 Å². The summed E-state index contributed by atoms with van der Waals surface area (Å²) in [5, 5.41) is 3.90. The van der Waals surface area contributed by atoms with E-state index in [-0.39, 0.29) is 10.7 Å². The topological polar surface area (TPSA) is 74.2 Å². The summed E-state index contributed by atoms with van der Waals surface area (Å²) in [5.41, 5.74) is 0.504. The Hall–Kier alpha value is -1.55. The van der Waals surface area contributed by atoms with E-state index in [1.165, 1.54) is 28.3 Å². The quantitative estimate of drug-likeness (QED) is 0.483. The molecule has 1 saturated heterocycles. The number of nitrogens with one attached hydrogen (secondary N) is 2. The lowest BCUT2D eigenvalue weighted by Crippen LogP contribution is -3.06. The summed E-state index contributed by atoms with van der Waals surface area (Å²) in [6, 6.07) is 6.09. The highest BCUT2D eigenvalue weighted by Crippen LogP contribution is 2.18. The lowest BCUT2D eigenvalue weighted by atomic mass is 10.2. The number of carbonyl (C=O) groups excluding carboxylic acids is 1. The van der Waals surface area contributed by atoms with Gasteiger partial charge in [-0.2, -0.15) is 4.31 Å². The summed E-state index contributed by atoms with van der Waals surface area (Å²) in [5.74, 6) is -0.0839. The van der Waals surface area contributed by atoms with Crippen LogP contribution in [0.25, 0.3) is 0 Å². The molecule has 144 valence electrons. The van der Waals surface area contributed by atoms with Crippen molar-refractivity contribution in [2.24, 2.45) is 0 Å². The van der Waals surface area contributed by atoms with Crippen LogP contribution in [0.2, 0.25) is 0 Å². The largest absolute Gasteiger partial charge is 0.357 e. The van der Waals surface area contributed by atoms with Crippen molar-refractivity contribution >= 4 is 33.1 Å². The number of benzene rings is 1. The van der Waals surface area contributed by atoms with Crippen LogP contribution in [0.1, 0.15) is 17.3 Å². The van der Waals surface area contributed by atoms with Crippen molar-refractivity contribution in [3.63, 3.8) is 0 Å². The van der Waals surface area contributed by atoms with E-state index >= 15 is 0 Å². The van der Waals surface area contributed by atoms with Gasteiger partial charge in [-0.15, -0.1) is 0 Å². The number of likely N-dealkylation sites (N-methyl/N-ethyl adjacent to an activating group) is 1. The predicted octanol–water partition coefficient (Wildman–Crippen LogP) is -0.785. The van der Waals surface area contributed by atoms with E-state index in [1.807, 2.05) is 4.90 Å². The molecule has 0 amide bonds. The fraction of sp³-hybridized carbons (Fsp3) is 0.529. The number of ketones is 1. The van der Waals surface area contributed by atoms with Gasteiger partial charge in [0, 0.05) is 31.7 Å². The van der Waals surface area contributed by atoms with Gasteiger partial charge < -0.3 is 15.1 Å². The number of piperazine rings is 1. The Balaban J connectivity index is 1.93. The molecule has 1 aliphatic heterocycles. The third-order valence-electron chi connectivity index (χ3n) is 4.33. The number of sulfonamides is 1. The third kappa shape index (κ3) is 5.23. The fourth-order valence-corrected chi connectivity index (χ4v) is 4.38. The molecule has 2 N–H and O–H groups in total. The van der Waals surface area contributed by atoms with Crippen LogP contribution in [-0.2, 0) is 10.0 Å². The van der Waals surface area contributed by atoms with Crippen LogP contribution in [0.3, 0.4) is 0 Å². The number of quaternary nitrogens is 1. The van der Waals surface area contributed by atoms with Gasteiger partial charge in [-0.05, 0) is 31.3 Å². The van der Waals surface area contributed by atoms with Crippen LogP contribution >= 0.6 is 12.2 Å². The zero-order valence-electron chi connectivity index (χ0n) is 15.5. The van der Waals surface area contributed by atoms with Crippen LogP contribution in [0, 0.1) is 0 Å². The number of hydrogen-bond donors (Lipinski definition) is 2. The number of rotatable bonds is 6. The molecule has 0 spiro atoms. The molecule has 1 aliphatic rings. The number of thiocarbonyl (C=S) groups is 1. The number of nitrogens with zero attached hydrogens (tertiary/aromatic N) is 2. The van der Waals surface area contributed by atoms with Gasteiger partial charge in [0.2, 0.25) is 10.0 Å². The van der Waals surface area contributed by atoms with Crippen molar-refractivity contribution in [2.75, 3.05) is 53.4 Å². The first kappa shape index (κ1) is 20.8. The molecular weight excluding hydrogens is 372 g/mol. The van der Waals surface area contributed by atoms with Crippen molar-refractivity contribution in [1.82, 2.24) is 14.5 Å². The molecule has 1 aromatic rings. The minimum atomic E-state index is -3.55. The number of carbonyl (C=O) groups is 1. The van der Waals surface area contributed by atoms with Crippen LogP contribution in [0.15, 0.2) is 29.2 Å². The molecule has 0 aromatic heterocycles. The first-order valence-electron chi connectivity index (χ1n) is 8.65. The summed E-state index contributed by atoms with van der Waals surface area (Å²) in [6.07, 6.45) is 0. The van der Waals surface area contributed by atoms with Crippen LogP contribution in [0.5, 0.6) is 0 Å². The average molecular weight is 400 g/mol. The number of hydrogen-bond acceptors (Lipinski definition) is 4. The highest BCUT2D eigenvalue weighted by Gasteiger charge is 2.29. The Kier molecular flexibility index (Phi) is 7.10. The average Bonchev–Trinajstić information content (AvgIpc) is 2.61. The number of Topliss-reactive ketones (excluding diaryl/α,β-unsaturated/α-hetero) is 1. The van der Waals surface area contributed by atoms with Gasteiger partial charge in [-0.25, -0.2) is 8.42 Å². The Labute approximate surface area is 161 Å². The molecule has 26 heavy (non-hydrogen) atoms. The highest BCUT2D eigenvalue weighted by atomic mass is 32.2. The normalized spacial score (nSPS) is 15.9. The van der Waals surface area contributed by atoms with Crippen LogP contribution in [-0.4, -0.2) is 81.9 Å². The van der Waals surface area contributed by atoms with Gasteiger partial charge in [0.25, 0.3) is 0 Å². The second-order valence-electron chi connectivity index (χ2n) is 6.66. The van der Waals surface area contributed by atoms with Crippen molar-refractivity contribution in [3.8, 4) is 0 Å². The van der Waals surface area contributed by atoms with Crippen LogP contribution < -0.4 is 10.2 Å². The van der Waals surface area contributed by atoms with E-state index in [2.05, 4.69) is 19.4 Å². The molecule has 9 heteroatoms. The van der Waals surface area contributed by atoms with Gasteiger partial charge >= 0.3 is 0 Å². The predicted molar refractivity (Wildman–Crippen MR) is 105 cm³/mol. The monoisotopic (exact) mass is 399 g/mol. The zero-order chi connectivity index (χ0) is 19.3. The summed E-state index contributed by atoms with van der Waals surface area (Å²) in [7, 11) is 0.608. The lowest BCUT2D eigenvalue weighted by molar-refractivity contribution is -0.856. The molecule has 0 atom stereocenters. The molecule has 0 aliphatic carbocycles. The van der Waals surface area contributed by atoms with Crippen LogP contribution in [0.4, 0.5) is 0 Å². The van der Waals surface area contributed by atoms with E-state index in [1.54, 1.807) is 12.1 Å². The van der Waals surface area contributed by atoms with E-state index in [0.29, 0.717) is 36.9 Å². The minimum Gasteiger partial charge on any atom is -0.357 e. The maximum Gasteiger partial charge on any atom is 0.243 e. The van der Waals surface area contributed by atoms with Gasteiger partial charge in [-0.3, -0.25) is 4.79 Å².